The summed E-state index contributed by atoms with van der Waals surface area (Å²) in [6.07, 6.45) is 3.15. The van der Waals surface area contributed by atoms with Crippen LogP contribution in [0.4, 0.5) is 0 Å². The van der Waals surface area contributed by atoms with Gasteiger partial charge in [0.25, 0.3) is 0 Å². The Morgan fingerprint density at radius 3 is 2.60 bits per heavy atom. The van der Waals surface area contributed by atoms with Gasteiger partial charge in [-0.2, -0.15) is 11.8 Å². The molecule has 0 aliphatic carbocycles. The Hall–Kier alpha value is -0.760. The van der Waals surface area contributed by atoms with Crippen molar-refractivity contribution < 1.29 is 4.79 Å². The Morgan fingerprint density at radius 2 is 1.93 bits per heavy atom. The molecule has 0 unspecified atom stereocenters. The fourth-order valence-corrected chi connectivity index (χ4v) is 2.31. The van der Waals surface area contributed by atoms with E-state index < -0.39 is 0 Å². The third-order valence-electron chi connectivity index (χ3n) is 2.21. The Labute approximate surface area is 96.3 Å². The number of thioether (sulfide) groups is 1. The molecule has 0 radical (unpaired) electrons. The summed E-state index contributed by atoms with van der Waals surface area (Å²) in [4.78, 5) is 11.7. The summed E-state index contributed by atoms with van der Waals surface area (Å²) in [5, 5.41) is 0. The first-order valence-electron chi connectivity index (χ1n) is 5.50. The van der Waals surface area contributed by atoms with Crippen molar-refractivity contribution in [2.75, 3.05) is 11.5 Å². The first-order chi connectivity index (χ1) is 7.34. The van der Waals surface area contributed by atoms with Crippen molar-refractivity contribution in [2.45, 2.75) is 26.2 Å². The summed E-state index contributed by atoms with van der Waals surface area (Å²) in [5.41, 5.74) is 0.841. The van der Waals surface area contributed by atoms with Crippen LogP contribution in [-0.2, 0) is 0 Å². The molecule has 2 heteroatoms. The van der Waals surface area contributed by atoms with Gasteiger partial charge < -0.3 is 0 Å². The fourth-order valence-electron chi connectivity index (χ4n) is 1.28. The smallest absolute Gasteiger partial charge is 0.163 e. The van der Waals surface area contributed by atoms with Crippen molar-refractivity contribution in [2.24, 2.45) is 0 Å². The average Bonchev–Trinajstić information content (AvgIpc) is 2.30. The van der Waals surface area contributed by atoms with Gasteiger partial charge in [-0.25, -0.2) is 0 Å². The van der Waals surface area contributed by atoms with Crippen molar-refractivity contribution in [1.82, 2.24) is 0 Å². The van der Waals surface area contributed by atoms with E-state index in [2.05, 4.69) is 6.92 Å². The zero-order valence-corrected chi connectivity index (χ0v) is 10.1. The van der Waals surface area contributed by atoms with Crippen LogP contribution in [0.5, 0.6) is 0 Å². The van der Waals surface area contributed by atoms with Crippen LogP contribution in [0.25, 0.3) is 0 Å². The van der Waals surface area contributed by atoms with Gasteiger partial charge >= 0.3 is 0 Å². The predicted molar refractivity (Wildman–Crippen MR) is 67.6 cm³/mol. The topological polar surface area (TPSA) is 17.1 Å². The van der Waals surface area contributed by atoms with E-state index in [1.807, 2.05) is 42.1 Å². The Kier molecular flexibility index (Phi) is 6.17. The van der Waals surface area contributed by atoms with E-state index in [0.717, 1.165) is 11.3 Å². The van der Waals surface area contributed by atoms with Crippen molar-refractivity contribution in [3.8, 4) is 0 Å². The highest BCUT2D eigenvalue weighted by atomic mass is 32.2. The number of hydrogen-bond acceptors (Lipinski definition) is 2. The predicted octanol–water partition coefficient (Wildman–Crippen LogP) is 3.79. The molecule has 1 aromatic rings. The lowest BCUT2D eigenvalue weighted by molar-refractivity contribution is 0.0989. The lowest BCUT2D eigenvalue weighted by atomic mass is 10.1. The summed E-state index contributed by atoms with van der Waals surface area (Å²) in [7, 11) is 0. The second-order valence-corrected chi connectivity index (χ2v) is 4.73. The molecule has 0 spiro atoms. The SMILES string of the molecule is CCCCSCCC(=O)c1ccccc1. The molecule has 82 valence electrons. The Bertz CT molecular complexity index is 282. The summed E-state index contributed by atoms with van der Waals surface area (Å²) in [6, 6.07) is 9.54. The molecule has 15 heavy (non-hydrogen) atoms. The molecule has 0 N–H and O–H groups in total. The van der Waals surface area contributed by atoms with Gasteiger partial charge in [0, 0.05) is 17.7 Å². The second kappa shape index (κ2) is 7.52. The first kappa shape index (κ1) is 12.3. The second-order valence-electron chi connectivity index (χ2n) is 3.51. The van der Waals surface area contributed by atoms with E-state index in [1.165, 1.54) is 18.6 Å². The molecule has 0 amide bonds. The van der Waals surface area contributed by atoms with E-state index in [-0.39, 0.29) is 5.78 Å². The van der Waals surface area contributed by atoms with E-state index in [1.54, 1.807) is 0 Å². The van der Waals surface area contributed by atoms with Gasteiger partial charge in [0.15, 0.2) is 5.78 Å². The van der Waals surface area contributed by atoms with Crippen LogP contribution in [0.3, 0.4) is 0 Å². The van der Waals surface area contributed by atoms with Crippen LogP contribution < -0.4 is 0 Å². The maximum Gasteiger partial charge on any atom is 0.163 e. The van der Waals surface area contributed by atoms with Gasteiger partial charge in [0.1, 0.15) is 0 Å². The number of benzene rings is 1. The van der Waals surface area contributed by atoms with Gasteiger partial charge in [0.05, 0.1) is 0 Å². The number of rotatable bonds is 7. The first-order valence-corrected chi connectivity index (χ1v) is 6.66. The van der Waals surface area contributed by atoms with Crippen LogP contribution in [0.1, 0.15) is 36.5 Å². The summed E-state index contributed by atoms with van der Waals surface area (Å²) < 4.78 is 0. The van der Waals surface area contributed by atoms with Crippen molar-refractivity contribution >= 4 is 17.5 Å². The molecule has 1 rings (SSSR count). The zero-order chi connectivity index (χ0) is 10.9. The zero-order valence-electron chi connectivity index (χ0n) is 9.24. The van der Waals surface area contributed by atoms with Gasteiger partial charge in [-0.3, -0.25) is 4.79 Å². The highest BCUT2D eigenvalue weighted by molar-refractivity contribution is 7.99. The molecule has 0 aliphatic heterocycles. The van der Waals surface area contributed by atoms with Crippen LogP contribution in [0.2, 0.25) is 0 Å². The molecule has 0 aliphatic rings. The van der Waals surface area contributed by atoms with Crippen molar-refractivity contribution in [3.63, 3.8) is 0 Å². The largest absolute Gasteiger partial charge is 0.294 e. The normalized spacial score (nSPS) is 10.2. The Balaban J connectivity index is 2.20. The number of carbonyl (C=O) groups is 1. The molecule has 0 aromatic heterocycles. The van der Waals surface area contributed by atoms with Gasteiger partial charge in [-0.1, -0.05) is 43.7 Å². The van der Waals surface area contributed by atoms with Crippen LogP contribution in [-0.4, -0.2) is 17.3 Å². The molecule has 0 saturated carbocycles. The number of hydrogen-bond donors (Lipinski definition) is 0. The maximum absolute atomic E-state index is 11.7. The Morgan fingerprint density at radius 1 is 1.20 bits per heavy atom. The molecular weight excluding hydrogens is 204 g/mol. The molecule has 0 heterocycles. The fraction of sp³-hybridized carbons (Fsp3) is 0.462. The molecule has 0 fully saturated rings. The minimum absolute atomic E-state index is 0.264. The third kappa shape index (κ3) is 5.03. The lowest BCUT2D eigenvalue weighted by Crippen LogP contribution is -2.00. The summed E-state index contributed by atoms with van der Waals surface area (Å²) in [6.45, 7) is 2.19. The molecule has 1 nitrogen and oxygen atoms in total. The average molecular weight is 222 g/mol. The molecule has 0 bridgehead atoms. The van der Waals surface area contributed by atoms with E-state index >= 15 is 0 Å². The van der Waals surface area contributed by atoms with Crippen molar-refractivity contribution in [3.05, 3.63) is 35.9 Å². The van der Waals surface area contributed by atoms with Crippen LogP contribution in [0, 0.1) is 0 Å². The summed E-state index contributed by atoms with van der Waals surface area (Å²) >= 11 is 1.88. The number of unbranched alkanes of at least 4 members (excludes halogenated alkanes) is 1. The maximum atomic E-state index is 11.7. The standard InChI is InChI=1S/C13H18OS/c1-2-3-10-15-11-9-13(14)12-7-5-4-6-8-12/h4-8H,2-3,9-11H2,1H3. The molecular formula is C13H18OS. The highest BCUT2D eigenvalue weighted by Gasteiger charge is 2.03. The monoisotopic (exact) mass is 222 g/mol. The number of ketones is 1. The highest BCUT2D eigenvalue weighted by Crippen LogP contribution is 2.09. The van der Waals surface area contributed by atoms with Gasteiger partial charge in [0.2, 0.25) is 0 Å². The minimum Gasteiger partial charge on any atom is -0.294 e. The number of Topliss-reactive ketones (excluding diaryl/α,β-unsaturated/α-hetero) is 1. The van der Waals surface area contributed by atoms with E-state index in [4.69, 9.17) is 0 Å². The van der Waals surface area contributed by atoms with E-state index in [9.17, 15) is 4.79 Å². The van der Waals surface area contributed by atoms with Gasteiger partial charge in [-0.05, 0) is 12.2 Å². The van der Waals surface area contributed by atoms with Crippen LogP contribution in [0.15, 0.2) is 30.3 Å². The minimum atomic E-state index is 0.264. The van der Waals surface area contributed by atoms with Crippen molar-refractivity contribution in [1.29, 1.82) is 0 Å². The molecule has 0 saturated heterocycles. The molecule has 1 aromatic carbocycles. The van der Waals surface area contributed by atoms with Crippen LogP contribution >= 0.6 is 11.8 Å². The van der Waals surface area contributed by atoms with Gasteiger partial charge in [-0.15, -0.1) is 0 Å². The molecule has 0 atom stereocenters. The summed E-state index contributed by atoms with van der Waals surface area (Å²) in [5.74, 6) is 2.39. The third-order valence-corrected chi connectivity index (χ3v) is 3.28. The quantitative estimate of drug-likeness (QED) is 0.515. The van der Waals surface area contributed by atoms with E-state index in [0.29, 0.717) is 6.42 Å². The number of carbonyl (C=O) groups excluding carboxylic acids is 1. The lowest BCUT2D eigenvalue weighted by Gasteiger charge is -2.00.